The van der Waals surface area contributed by atoms with Crippen molar-refractivity contribution in [3.05, 3.63) is 35.4 Å². The topological polar surface area (TPSA) is 71.7 Å². The average Bonchev–Trinajstić information content (AvgIpc) is 3.02. The number of hydrogen-bond acceptors (Lipinski definition) is 4. The fourth-order valence-electron chi connectivity index (χ4n) is 3.40. The van der Waals surface area contributed by atoms with Gasteiger partial charge in [0, 0.05) is 28.0 Å². The van der Waals surface area contributed by atoms with Crippen molar-refractivity contribution in [3.63, 3.8) is 0 Å². The van der Waals surface area contributed by atoms with E-state index in [9.17, 15) is 15.0 Å². The normalized spacial score (nSPS) is 25.1. The molecule has 2 atom stereocenters. The lowest BCUT2D eigenvalue weighted by Gasteiger charge is -2.18. The van der Waals surface area contributed by atoms with Crippen LogP contribution in [0.25, 0.3) is 0 Å². The molecule has 2 aliphatic carbocycles. The van der Waals surface area contributed by atoms with E-state index in [0.29, 0.717) is 5.57 Å². The summed E-state index contributed by atoms with van der Waals surface area (Å²) in [7, 11) is 0. The molecular weight excluding hydrogens is 270 g/mol. The maximum atomic E-state index is 11.3. The van der Waals surface area contributed by atoms with Gasteiger partial charge in [-0.15, -0.1) is 0 Å². The first-order chi connectivity index (χ1) is 9.85. The number of aromatic hydroxyl groups is 2. The molecule has 21 heavy (non-hydrogen) atoms. The highest BCUT2D eigenvalue weighted by molar-refractivity contribution is 5.86. The second-order valence-corrected chi connectivity index (χ2v) is 6.09. The van der Waals surface area contributed by atoms with Crippen LogP contribution in [0.3, 0.4) is 0 Å². The van der Waals surface area contributed by atoms with Crippen LogP contribution in [-0.2, 0) is 21.5 Å². The van der Waals surface area contributed by atoms with Crippen LogP contribution in [0.1, 0.15) is 37.3 Å². The molecule has 1 aromatic heterocycles. The second kappa shape index (κ2) is 4.41. The van der Waals surface area contributed by atoms with Crippen molar-refractivity contribution < 1.29 is 19.7 Å². The van der Waals surface area contributed by atoms with Crippen molar-refractivity contribution in [1.82, 2.24) is 4.57 Å². The van der Waals surface area contributed by atoms with Crippen LogP contribution in [0.5, 0.6) is 11.8 Å². The summed E-state index contributed by atoms with van der Waals surface area (Å²) >= 11 is 0. The van der Waals surface area contributed by atoms with Gasteiger partial charge in [0.2, 0.25) is 0 Å². The van der Waals surface area contributed by atoms with Gasteiger partial charge in [0.1, 0.15) is 6.61 Å². The zero-order chi connectivity index (χ0) is 15.4. The molecule has 5 nitrogen and oxygen atoms in total. The van der Waals surface area contributed by atoms with Crippen molar-refractivity contribution in [2.24, 2.45) is 0 Å². The molecule has 1 heterocycles. The molecule has 3 rings (SSSR count). The maximum absolute atomic E-state index is 11.3. The molecule has 2 unspecified atom stereocenters. The molecule has 5 heteroatoms. The number of hydrogen-bond donors (Lipinski definition) is 2. The molecule has 2 N–H and O–H groups in total. The van der Waals surface area contributed by atoms with Crippen molar-refractivity contribution in [3.8, 4) is 11.8 Å². The third-order valence-corrected chi connectivity index (χ3v) is 4.42. The Bertz CT molecular complexity index is 670. The highest BCUT2D eigenvalue weighted by atomic mass is 16.5. The Morgan fingerprint density at radius 1 is 1.52 bits per heavy atom. The zero-order valence-corrected chi connectivity index (χ0v) is 12.2. The lowest BCUT2D eigenvalue weighted by Crippen LogP contribution is -2.14. The second-order valence-electron chi connectivity index (χ2n) is 6.09. The largest absolute Gasteiger partial charge is 0.494 e. The molecular formula is C16H19NO4. The summed E-state index contributed by atoms with van der Waals surface area (Å²) in [6, 6.07) is 0. The lowest BCUT2D eigenvalue weighted by molar-refractivity contribution is -0.139. The predicted octanol–water partition coefficient (Wildman–Crippen LogP) is 2.33. The van der Waals surface area contributed by atoms with Gasteiger partial charge in [0.15, 0.2) is 11.8 Å². The lowest BCUT2D eigenvalue weighted by atomic mass is 9.86. The minimum atomic E-state index is -0.470. The van der Waals surface area contributed by atoms with Crippen LogP contribution in [-0.4, -0.2) is 27.4 Å². The molecule has 0 saturated carbocycles. The molecule has 112 valence electrons. The standard InChI is InChI=1S/C16H19NO4/c1-9(2)15(20)21-7-6-17-13(18)11-10-4-5-16(3,8-10)12(11)14(17)19/h4-5,10,18-19H,1,6-8H2,2-3H3. The number of allylic oxidation sites excluding steroid dienone is 2. The summed E-state index contributed by atoms with van der Waals surface area (Å²) in [6.45, 7) is 7.43. The Balaban J connectivity index is 1.82. The van der Waals surface area contributed by atoms with Crippen molar-refractivity contribution in [2.45, 2.75) is 38.1 Å². The van der Waals surface area contributed by atoms with Gasteiger partial charge >= 0.3 is 5.97 Å². The van der Waals surface area contributed by atoms with Crippen LogP contribution in [0, 0.1) is 0 Å². The summed E-state index contributed by atoms with van der Waals surface area (Å²) in [5.74, 6) is -0.160. The molecule has 2 aliphatic rings. The van der Waals surface area contributed by atoms with E-state index in [1.165, 1.54) is 4.57 Å². The van der Waals surface area contributed by atoms with E-state index in [2.05, 4.69) is 25.7 Å². The summed E-state index contributed by atoms with van der Waals surface area (Å²) in [5.41, 5.74) is 1.73. The molecule has 0 amide bonds. The molecule has 0 saturated heterocycles. The third kappa shape index (κ3) is 1.87. The van der Waals surface area contributed by atoms with Crippen LogP contribution in [0.4, 0.5) is 0 Å². The van der Waals surface area contributed by atoms with E-state index in [4.69, 9.17) is 4.74 Å². The Labute approximate surface area is 123 Å². The molecule has 1 aromatic rings. The Morgan fingerprint density at radius 2 is 2.24 bits per heavy atom. The number of nitrogens with zero attached hydrogens (tertiary/aromatic N) is 1. The van der Waals surface area contributed by atoms with Crippen molar-refractivity contribution >= 4 is 5.97 Å². The van der Waals surface area contributed by atoms with E-state index < -0.39 is 5.97 Å². The SMILES string of the molecule is C=C(C)C(=O)OCCn1c(O)c2c(c1O)C1(C)C=CC2C1. The van der Waals surface area contributed by atoms with Gasteiger partial charge in [-0.25, -0.2) is 4.79 Å². The molecule has 0 spiro atoms. The number of aromatic nitrogens is 1. The first-order valence-electron chi connectivity index (χ1n) is 7.02. The fraction of sp³-hybridized carbons (Fsp3) is 0.438. The van der Waals surface area contributed by atoms with Gasteiger partial charge < -0.3 is 14.9 Å². The quantitative estimate of drug-likeness (QED) is 0.507. The van der Waals surface area contributed by atoms with Gasteiger partial charge in [-0.1, -0.05) is 25.7 Å². The smallest absolute Gasteiger partial charge is 0.333 e. The summed E-state index contributed by atoms with van der Waals surface area (Å²) in [6.07, 6.45) is 5.06. The van der Waals surface area contributed by atoms with E-state index in [1.807, 2.05) is 0 Å². The monoisotopic (exact) mass is 289 g/mol. The van der Waals surface area contributed by atoms with Crippen LogP contribution in [0.2, 0.25) is 0 Å². The van der Waals surface area contributed by atoms with E-state index in [-0.39, 0.29) is 36.2 Å². The maximum Gasteiger partial charge on any atom is 0.333 e. The van der Waals surface area contributed by atoms with Crippen molar-refractivity contribution in [2.75, 3.05) is 6.61 Å². The van der Waals surface area contributed by atoms with Crippen LogP contribution in [0.15, 0.2) is 24.3 Å². The molecule has 2 bridgehead atoms. The summed E-state index contributed by atoms with van der Waals surface area (Å²) in [4.78, 5) is 11.3. The van der Waals surface area contributed by atoms with Crippen LogP contribution < -0.4 is 0 Å². The number of carbonyl (C=O) groups excluding carboxylic acids is 1. The van der Waals surface area contributed by atoms with E-state index >= 15 is 0 Å². The Kier molecular flexibility index (Phi) is 2.90. The Hall–Kier alpha value is -2.17. The average molecular weight is 289 g/mol. The van der Waals surface area contributed by atoms with E-state index in [1.54, 1.807) is 6.92 Å². The minimum absolute atomic E-state index is 0.0724. The number of carbonyl (C=O) groups is 1. The van der Waals surface area contributed by atoms with Crippen LogP contribution >= 0.6 is 0 Å². The predicted molar refractivity (Wildman–Crippen MR) is 77.4 cm³/mol. The molecule has 0 fully saturated rings. The number of fused-ring (bicyclic) bond motifs is 5. The first-order valence-corrected chi connectivity index (χ1v) is 7.02. The molecule has 0 aliphatic heterocycles. The number of esters is 1. The van der Waals surface area contributed by atoms with Crippen molar-refractivity contribution in [1.29, 1.82) is 0 Å². The van der Waals surface area contributed by atoms with Gasteiger partial charge in [0.05, 0.1) is 6.54 Å². The Morgan fingerprint density at radius 3 is 2.86 bits per heavy atom. The van der Waals surface area contributed by atoms with Gasteiger partial charge in [-0.05, 0) is 13.3 Å². The van der Waals surface area contributed by atoms with E-state index in [0.717, 1.165) is 17.5 Å². The number of rotatable bonds is 4. The van der Waals surface area contributed by atoms with Gasteiger partial charge in [0.25, 0.3) is 0 Å². The highest BCUT2D eigenvalue weighted by Gasteiger charge is 2.48. The highest BCUT2D eigenvalue weighted by Crippen LogP contribution is 2.59. The number of ether oxygens (including phenoxy) is 1. The minimum Gasteiger partial charge on any atom is -0.494 e. The summed E-state index contributed by atoms with van der Waals surface area (Å²) < 4.78 is 6.43. The first kappa shape index (κ1) is 13.8. The molecule has 0 radical (unpaired) electrons. The molecule has 0 aromatic carbocycles. The van der Waals surface area contributed by atoms with Gasteiger partial charge in [-0.3, -0.25) is 4.57 Å². The fourth-order valence-corrected chi connectivity index (χ4v) is 3.40. The third-order valence-electron chi connectivity index (χ3n) is 4.42. The summed E-state index contributed by atoms with van der Waals surface area (Å²) in [5, 5.41) is 20.8. The zero-order valence-electron chi connectivity index (χ0n) is 12.2. The van der Waals surface area contributed by atoms with Gasteiger partial charge in [-0.2, -0.15) is 0 Å².